The van der Waals surface area contributed by atoms with E-state index in [2.05, 4.69) is 0 Å². The highest BCUT2D eigenvalue weighted by atomic mass is 127. The van der Waals surface area contributed by atoms with Crippen LogP contribution in [0.15, 0.2) is 53.4 Å². The fourth-order valence-corrected chi connectivity index (χ4v) is 2.69. The molecule has 0 saturated carbocycles. The van der Waals surface area contributed by atoms with Crippen LogP contribution in [0.4, 0.5) is 0 Å². The van der Waals surface area contributed by atoms with Crippen LogP contribution in [0.1, 0.15) is 10.4 Å². The molecule has 2 aromatic carbocycles. The fourth-order valence-electron chi connectivity index (χ4n) is 1.66. The maximum absolute atomic E-state index is 11.8. The van der Waals surface area contributed by atoms with E-state index in [9.17, 15) is 18.0 Å². The first-order chi connectivity index (χ1) is 11.3. The third kappa shape index (κ3) is 5.28. The van der Waals surface area contributed by atoms with Crippen molar-refractivity contribution in [1.29, 1.82) is 0 Å². The van der Waals surface area contributed by atoms with Gasteiger partial charge in [0.2, 0.25) is 0 Å². The highest BCUT2D eigenvalue weighted by Gasteiger charge is 2.13. The van der Waals surface area contributed by atoms with Crippen molar-refractivity contribution in [1.82, 2.24) is 0 Å². The molecule has 0 aromatic heterocycles. The second-order valence-electron chi connectivity index (χ2n) is 4.51. The number of carbonyl (C=O) groups excluding carboxylic acids is 2. The van der Waals surface area contributed by atoms with Crippen molar-refractivity contribution in [3.05, 3.63) is 57.7 Å². The zero-order valence-corrected chi connectivity index (χ0v) is 15.0. The Hall–Kier alpha value is -1.98. The molecular weight excluding hydrogens is 451 g/mol. The summed E-state index contributed by atoms with van der Waals surface area (Å²) in [6.07, 6.45) is 0. The molecule has 0 fully saturated rings. The normalized spacial score (nSPS) is 10.9. The van der Waals surface area contributed by atoms with Gasteiger partial charge in [0.25, 0.3) is 10.1 Å². The largest absolute Gasteiger partial charge is 0.450 e. The molecule has 24 heavy (non-hydrogen) atoms. The monoisotopic (exact) mass is 462 g/mol. The van der Waals surface area contributed by atoms with Gasteiger partial charge in [-0.2, -0.15) is 8.42 Å². The van der Waals surface area contributed by atoms with Gasteiger partial charge in [0, 0.05) is 3.57 Å². The maximum Gasteiger partial charge on any atom is 0.349 e. The third-order valence-electron chi connectivity index (χ3n) is 2.73. The zero-order valence-electron chi connectivity index (χ0n) is 12.0. The molecule has 0 unspecified atom stereocenters. The summed E-state index contributed by atoms with van der Waals surface area (Å²) in [5.41, 5.74) is 0.312. The smallest absolute Gasteiger partial charge is 0.349 e. The van der Waals surface area contributed by atoms with Crippen LogP contribution in [-0.2, 0) is 19.6 Å². The van der Waals surface area contributed by atoms with Crippen LogP contribution in [0.25, 0.3) is 0 Å². The second kappa shape index (κ2) is 7.73. The Morgan fingerprint density at radius 1 is 1.08 bits per heavy atom. The molecule has 7 nitrogen and oxygen atoms in total. The third-order valence-corrected chi connectivity index (χ3v) is 4.27. The molecule has 2 rings (SSSR count). The number of ether oxygens (including phenoxy) is 2. The topological polar surface area (TPSA) is 107 Å². The first-order valence-corrected chi connectivity index (χ1v) is 8.98. The lowest BCUT2D eigenvalue weighted by Crippen LogP contribution is -2.19. The minimum Gasteiger partial charge on any atom is -0.450 e. The molecule has 0 aliphatic rings. The quantitative estimate of drug-likeness (QED) is 0.315. The first kappa shape index (κ1) is 18.4. The average Bonchev–Trinajstić information content (AvgIpc) is 2.52. The maximum atomic E-state index is 11.8. The lowest BCUT2D eigenvalue weighted by molar-refractivity contribution is -0.137. The number of rotatable bonds is 5. The van der Waals surface area contributed by atoms with Gasteiger partial charge in [-0.15, -0.1) is 0 Å². The van der Waals surface area contributed by atoms with Gasteiger partial charge in [0.1, 0.15) is 5.75 Å². The van der Waals surface area contributed by atoms with Crippen molar-refractivity contribution in [3.8, 4) is 5.75 Å². The van der Waals surface area contributed by atoms with Crippen molar-refractivity contribution in [2.24, 2.45) is 0 Å². The predicted octanol–water partition coefficient (Wildman–Crippen LogP) is 2.30. The summed E-state index contributed by atoms with van der Waals surface area (Å²) in [5, 5.41) is 0. The van der Waals surface area contributed by atoms with Gasteiger partial charge in [0.05, 0.1) is 10.5 Å². The van der Waals surface area contributed by atoms with Crippen LogP contribution in [0.5, 0.6) is 5.75 Å². The second-order valence-corrected chi connectivity index (χ2v) is 7.17. The predicted molar refractivity (Wildman–Crippen MR) is 91.3 cm³/mol. The highest BCUT2D eigenvalue weighted by Crippen LogP contribution is 2.16. The molecule has 0 aliphatic heterocycles. The minimum absolute atomic E-state index is 0.0534. The minimum atomic E-state index is -4.31. The Balaban J connectivity index is 1.90. The van der Waals surface area contributed by atoms with Crippen LogP contribution in [-0.4, -0.2) is 31.5 Å². The highest BCUT2D eigenvalue weighted by molar-refractivity contribution is 14.1. The van der Waals surface area contributed by atoms with E-state index in [-0.39, 0.29) is 10.6 Å². The molecule has 0 heterocycles. The van der Waals surface area contributed by atoms with E-state index >= 15 is 0 Å². The number of halogens is 1. The summed E-state index contributed by atoms with van der Waals surface area (Å²) in [6, 6.07) is 11.2. The Morgan fingerprint density at radius 2 is 1.75 bits per heavy atom. The lowest BCUT2D eigenvalue weighted by atomic mass is 10.2. The number of carbonyl (C=O) groups is 2. The fraction of sp³-hybridized carbons (Fsp3) is 0.0667. The lowest BCUT2D eigenvalue weighted by Gasteiger charge is -2.06. The van der Waals surface area contributed by atoms with Gasteiger partial charge >= 0.3 is 11.9 Å². The van der Waals surface area contributed by atoms with E-state index in [1.807, 2.05) is 28.7 Å². The summed E-state index contributed by atoms with van der Waals surface area (Å²) in [6.45, 7) is -0.593. The van der Waals surface area contributed by atoms with Crippen molar-refractivity contribution in [3.63, 3.8) is 0 Å². The van der Waals surface area contributed by atoms with E-state index in [0.717, 1.165) is 15.7 Å². The molecule has 126 valence electrons. The summed E-state index contributed by atoms with van der Waals surface area (Å²) < 4.78 is 41.2. The van der Waals surface area contributed by atoms with E-state index in [4.69, 9.17) is 14.0 Å². The Kier molecular flexibility index (Phi) is 5.91. The Labute approximate surface area is 151 Å². The number of hydrogen-bond acceptors (Lipinski definition) is 6. The molecule has 0 atom stereocenters. The molecule has 0 spiro atoms. The van der Waals surface area contributed by atoms with Crippen LogP contribution in [0.2, 0.25) is 0 Å². The molecule has 1 N–H and O–H groups in total. The van der Waals surface area contributed by atoms with Gasteiger partial charge in [-0.25, -0.2) is 9.59 Å². The first-order valence-electron chi connectivity index (χ1n) is 6.46. The van der Waals surface area contributed by atoms with Crippen molar-refractivity contribution in [2.45, 2.75) is 4.90 Å². The van der Waals surface area contributed by atoms with Gasteiger partial charge in [-0.1, -0.05) is 6.07 Å². The molecule has 0 bridgehead atoms. The Bertz CT molecular complexity index is 860. The van der Waals surface area contributed by atoms with Crippen LogP contribution >= 0.6 is 22.6 Å². The number of esters is 2. The van der Waals surface area contributed by atoms with Gasteiger partial charge < -0.3 is 9.47 Å². The molecular formula is C15H11IO7S. The van der Waals surface area contributed by atoms with Crippen molar-refractivity contribution >= 4 is 44.6 Å². The SMILES string of the molecule is O=C(COC(=O)c1cccc(I)c1)Oc1ccc(S(=O)(=O)O)cc1. The molecule has 9 heteroatoms. The average molecular weight is 462 g/mol. The van der Waals surface area contributed by atoms with Crippen molar-refractivity contribution in [2.75, 3.05) is 6.61 Å². The molecule has 0 aliphatic carbocycles. The summed E-state index contributed by atoms with van der Waals surface area (Å²) in [5.74, 6) is -1.43. The van der Waals surface area contributed by atoms with Crippen molar-refractivity contribution < 1.29 is 32.0 Å². The molecule has 0 radical (unpaired) electrons. The van der Waals surface area contributed by atoms with E-state index in [1.54, 1.807) is 18.2 Å². The number of benzene rings is 2. The van der Waals surface area contributed by atoms with E-state index < -0.39 is 28.7 Å². The van der Waals surface area contributed by atoms with Crippen LogP contribution < -0.4 is 4.74 Å². The summed E-state index contributed by atoms with van der Waals surface area (Å²) in [7, 11) is -4.31. The van der Waals surface area contributed by atoms with E-state index in [0.29, 0.717) is 5.56 Å². The molecule has 2 aromatic rings. The number of hydrogen-bond donors (Lipinski definition) is 1. The molecule has 0 amide bonds. The van der Waals surface area contributed by atoms with E-state index in [1.165, 1.54) is 12.1 Å². The Morgan fingerprint density at radius 3 is 2.33 bits per heavy atom. The van der Waals surface area contributed by atoms with Gasteiger partial charge in [-0.3, -0.25) is 4.55 Å². The van der Waals surface area contributed by atoms with Gasteiger partial charge in [-0.05, 0) is 65.1 Å². The zero-order chi connectivity index (χ0) is 17.7. The summed E-state index contributed by atoms with van der Waals surface area (Å²) in [4.78, 5) is 23.1. The van der Waals surface area contributed by atoms with Crippen LogP contribution in [0.3, 0.4) is 0 Å². The van der Waals surface area contributed by atoms with Gasteiger partial charge in [0.15, 0.2) is 6.61 Å². The van der Waals surface area contributed by atoms with Crippen LogP contribution in [0, 0.1) is 3.57 Å². The molecule has 0 saturated heterocycles. The summed E-state index contributed by atoms with van der Waals surface area (Å²) >= 11 is 2.04. The standard InChI is InChI=1S/C15H11IO7S/c16-11-3-1-2-10(8-11)15(18)22-9-14(17)23-12-4-6-13(7-5-12)24(19,20)21/h1-8H,9H2,(H,19,20,21).